The molecule has 0 N–H and O–H groups in total. The van der Waals surface area contributed by atoms with Gasteiger partial charge in [-0.1, -0.05) is 32.0 Å². The number of rotatable bonds is 7. The summed E-state index contributed by atoms with van der Waals surface area (Å²) in [5.74, 6) is 0.425. The molecule has 0 aliphatic heterocycles. The van der Waals surface area contributed by atoms with Gasteiger partial charge in [0, 0.05) is 32.0 Å². The fourth-order valence-electron chi connectivity index (χ4n) is 2.53. The van der Waals surface area contributed by atoms with E-state index in [2.05, 4.69) is 19.9 Å². The topological polar surface area (TPSA) is 41.9 Å². The highest BCUT2D eigenvalue weighted by molar-refractivity contribution is 6.16. The molecular weight excluding hydrogens is 344 g/mol. The fourth-order valence-corrected chi connectivity index (χ4v) is 2.68. The van der Waals surface area contributed by atoms with Crippen molar-refractivity contribution < 1.29 is 0 Å². The van der Waals surface area contributed by atoms with E-state index >= 15 is 0 Å². The quantitative estimate of drug-likeness (QED) is 0.559. The molecule has 3 aromatic rings. The minimum Gasteiger partial charge on any atom is -0.286 e. The predicted molar refractivity (Wildman–Crippen MR) is 107 cm³/mol. The molecule has 136 valence electrons. The molecule has 0 unspecified atom stereocenters. The van der Waals surface area contributed by atoms with Crippen LogP contribution < -0.4 is 0 Å². The van der Waals surface area contributed by atoms with Gasteiger partial charge in [-0.3, -0.25) is 19.9 Å². The molecule has 0 radical (unpaired) electrons. The van der Waals surface area contributed by atoms with Crippen LogP contribution in [0.15, 0.2) is 67.0 Å². The molecule has 0 fully saturated rings. The first-order chi connectivity index (χ1) is 12.8. The second-order valence-electron chi connectivity index (χ2n) is 5.54. The SMILES string of the molecule is CC.ClCc1cccc(CN(Cc2ccccn2)Cc2ccccn2)n1. The van der Waals surface area contributed by atoms with E-state index in [-0.39, 0.29) is 0 Å². The Kier molecular flexibility index (Phi) is 8.73. The molecule has 0 saturated carbocycles. The molecule has 3 rings (SSSR count). The van der Waals surface area contributed by atoms with Gasteiger partial charge in [0.1, 0.15) is 0 Å². The summed E-state index contributed by atoms with van der Waals surface area (Å²) in [6.45, 7) is 6.20. The summed E-state index contributed by atoms with van der Waals surface area (Å²) < 4.78 is 0. The minimum absolute atomic E-state index is 0.425. The highest BCUT2D eigenvalue weighted by atomic mass is 35.5. The van der Waals surface area contributed by atoms with Crippen LogP contribution >= 0.6 is 11.6 Å². The predicted octanol–water partition coefficient (Wildman–Crippen LogP) is 4.84. The Hall–Kier alpha value is -2.30. The van der Waals surface area contributed by atoms with Crippen molar-refractivity contribution >= 4 is 11.6 Å². The Bertz CT molecular complexity index is 709. The van der Waals surface area contributed by atoms with Crippen LogP contribution in [-0.2, 0) is 25.5 Å². The number of nitrogens with zero attached hydrogens (tertiary/aromatic N) is 4. The summed E-state index contributed by atoms with van der Waals surface area (Å²) >= 11 is 5.90. The van der Waals surface area contributed by atoms with Gasteiger partial charge in [-0.25, -0.2) is 0 Å². The first kappa shape index (κ1) is 20.0. The van der Waals surface area contributed by atoms with Crippen molar-refractivity contribution in [2.45, 2.75) is 39.4 Å². The number of pyridine rings is 3. The molecule has 0 aliphatic rings. The molecule has 0 bridgehead atoms. The van der Waals surface area contributed by atoms with Crippen molar-refractivity contribution in [1.29, 1.82) is 0 Å². The summed E-state index contributed by atoms with van der Waals surface area (Å²) in [6, 6.07) is 17.9. The smallest absolute Gasteiger partial charge is 0.0647 e. The average Bonchev–Trinajstić information content (AvgIpc) is 2.71. The van der Waals surface area contributed by atoms with Gasteiger partial charge in [-0.15, -0.1) is 11.6 Å². The molecule has 0 saturated heterocycles. The van der Waals surface area contributed by atoms with Gasteiger partial charge in [0.2, 0.25) is 0 Å². The van der Waals surface area contributed by atoms with E-state index in [1.54, 1.807) is 0 Å². The van der Waals surface area contributed by atoms with Gasteiger partial charge in [0.15, 0.2) is 0 Å². The zero-order chi connectivity index (χ0) is 18.6. The zero-order valence-electron chi connectivity index (χ0n) is 15.3. The van der Waals surface area contributed by atoms with Crippen LogP contribution in [0.2, 0.25) is 0 Å². The van der Waals surface area contributed by atoms with E-state index in [4.69, 9.17) is 11.6 Å². The molecule has 0 atom stereocenters. The van der Waals surface area contributed by atoms with Crippen LogP contribution in [0, 0.1) is 0 Å². The van der Waals surface area contributed by atoms with Crippen LogP contribution in [0.25, 0.3) is 0 Å². The van der Waals surface area contributed by atoms with Crippen molar-refractivity contribution in [2.24, 2.45) is 0 Å². The lowest BCUT2D eigenvalue weighted by molar-refractivity contribution is 0.238. The van der Waals surface area contributed by atoms with Gasteiger partial charge in [0.25, 0.3) is 0 Å². The third kappa shape index (κ3) is 6.54. The highest BCUT2D eigenvalue weighted by Gasteiger charge is 2.11. The largest absolute Gasteiger partial charge is 0.286 e. The average molecular weight is 369 g/mol. The molecule has 0 spiro atoms. The van der Waals surface area contributed by atoms with E-state index < -0.39 is 0 Å². The van der Waals surface area contributed by atoms with Crippen molar-refractivity contribution in [3.63, 3.8) is 0 Å². The second-order valence-corrected chi connectivity index (χ2v) is 5.81. The van der Waals surface area contributed by atoms with Crippen LogP contribution in [0.4, 0.5) is 0 Å². The third-order valence-electron chi connectivity index (χ3n) is 3.61. The van der Waals surface area contributed by atoms with Gasteiger partial charge in [-0.2, -0.15) is 0 Å². The van der Waals surface area contributed by atoms with Crippen molar-refractivity contribution in [3.05, 3.63) is 89.8 Å². The number of halogens is 1. The Morgan fingerprint density at radius 1 is 0.692 bits per heavy atom. The molecule has 3 heterocycles. The van der Waals surface area contributed by atoms with Crippen LogP contribution in [-0.4, -0.2) is 19.9 Å². The second kappa shape index (κ2) is 11.3. The van der Waals surface area contributed by atoms with Crippen molar-refractivity contribution in [3.8, 4) is 0 Å². The lowest BCUT2D eigenvalue weighted by Crippen LogP contribution is -2.24. The summed E-state index contributed by atoms with van der Waals surface area (Å²) in [7, 11) is 0. The van der Waals surface area contributed by atoms with Gasteiger partial charge in [0.05, 0.1) is 28.7 Å². The molecule has 0 aromatic carbocycles. The van der Waals surface area contributed by atoms with E-state index in [9.17, 15) is 0 Å². The van der Waals surface area contributed by atoms with Gasteiger partial charge in [-0.05, 0) is 36.4 Å². The summed E-state index contributed by atoms with van der Waals surface area (Å²) in [6.07, 6.45) is 3.64. The van der Waals surface area contributed by atoms with E-state index in [0.29, 0.717) is 5.88 Å². The first-order valence-electron chi connectivity index (χ1n) is 8.86. The lowest BCUT2D eigenvalue weighted by Gasteiger charge is -2.21. The molecular formula is C21H25ClN4. The lowest BCUT2D eigenvalue weighted by atomic mass is 10.2. The standard InChI is InChI=1S/C19H19ClN4.C2H6/c20-12-16-8-5-9-19(23-16)15-24(13-17-6-1-3-10-21-17)14-18-7-2-4-11-22-18;1-2/h1-11H,12-15H2;1-2H3. The minimum atomic E-state index is 0.425. The van der Waals surface area contributed by atoms with Crippen molar-refractivity contribution in [1.82, 2.24) is 19.9 Å². The van der Waals surface area contributed by atoms with E-state index in [0.717, 1.165) is 42.4 Å². The van der Waals surface area contributed by atoms with Gasteiger partial charge >= 0.3 is 0 Å². The number of hydrogen-bond donors (Lipinski definition) is 0. The number of aromatic nitrogens is 3. The van der Waals surface area contributed by atoms with Crippen LogP contribution in [0.3, 0.4) is 0 Å². The normalized spacial score (nSPS) is 10.3. The van der Waals surface area contributed by atoms with E-state index in [1.807, 2.05) is 80.8 Å². The summed E-state index contributed by atoms with van der Waals surface area (Å²) in [5.41, 5.74) is 3.95. The molecule has 4 nitrogen and oxygen atoms in total. The maximum Gasteiger partial charge on any atom is 0.0647 e. The number of alkyl halides is 1. The Balaban J connectivity index is 0.00000117. The molecule has 5 heteroatoms. The molecule has 26 heavy (non-hydrogen) atoms. The zero-order valence-corrected chi connectivity index (χ0v) is 16.1. The number of hydrogen-bond acceptors (Lipinski definition) is 4. The van der Waals surface area contributed by atoms with Crippen molar-refractivity contribution in [2.75, 3.05) is 0 Å². The molecule has 3 aromatic heterocycles. The maximum absolute atomic E-state index is 5.90. The van der Waals surface area contributed by atoms with E-state index in [1.165, 1.54) is 0 Å². The highest BCUT2D eigenvalue weighted by Crippen LogP contribution is 2.12. The summed E-state index contributed by atoms with van der Waals surface area (Å²) in [4.78, 5) is 15.7. The maximum atomic E-state index is 5.90. The summed E-state index contributed by atoms with van der Waals surface area (Å²) in [5, 5.41) is 0. The molecule has 0 amide bonds. The Morgan fingerprint density at radius 2 is 1.19 bits per heavy atom. The van der Waals surface area contributed by atoms with Gasteiger partial charge < -0.3 is 0 Å². The first-order valence-corrected chi connectivity index (χ1v) is 9.40. The van der Waals surface area contributed by atoms with Crippen LogP contribution in [0.1, 0.15) is 36.6 Å². The molecule has 0 aliphatic carbocycles. The Labute approximate surface area is 160 Å². The Morgan fingerprint density at radius 3 is 1.69 bits per heavy atom. The van der Waals surface area contributed by atoms with Crippen LogP contribution in [0.5, 0.6) is 0 Å². The third-order valence-corrected chi connectivity index (χ3v) is 3.88. The fraction of sp³-hybridized carbons (Fsp3) is 0.286. The monoisotopic (exact) mass is 368 g/mol.